The average Bonchev–Trinajstić information content (AvgIpc) is 2.40. The molecule has 0 aromatic carbocycles. The highest BCUT2D eigenvalue weighted by Crippen LogP contribution is 2.15. The smallest absolute Gasteiger partial charge is 0.0724 e. The molecule has 1 atom stereocenters. The van der Waals surface area contributed by atoms with Gasteiger partial charge in [0.2, 0.25) is 0 Å². The lowest BCUT2D eigenvalue weighted by Gasteiger charge is -2.11. The van der Waals surface area contributed by atoms with Crippen molar-refractivity contribution in [1.82, 2.24) is 0 Å². The molecule has 2 nitrogen and oxygen atoms in total. The van der Waals surface area contributed by atoms with Crippen molar-refractivity contribution in [3.8, 4) is 0 Å². The zero-order valence-corrected chi connectivity index (χ0v) is 16.6. The van der Waals surface area contributed by atoms with Gasteiger partial charge in [0.05, 0.1) is 6.10 Å². The normalized spacial score (nSPS) is 10.1. The van der Waals surface area contributed by atoms with Gasteiger partial charge in [-0.15, -0.1) is 0 Å². The standard InChI is InChI=1S/C10H20O.C4H10.C3H8O.C2H6/c1-5-6-7-10(8(2)3)9(4)11;1-4(2)3;1-2-3-4;1-2/h9,11H,5-7H2,1-4H3;4H,1-3H3;4H,2-3H2,1H3;1-2H3. The van der Waals surface area contributed by atoms with Gasteiger partial charge in [0.1, 0.15) is 0 Å². The van der Waals surface area contributed by atoms with Crippen molar-refractivity contribution in [1.29, 1.82) is 0 Å². The Morgan fingerprint density at radius 2 is 1.24 bits per heavy atom. The number of aliphatic hydroxyl groups excluding tert-OH is 2. The molecule has 0 radical (unpaired) electrons. The van der Waals surface area contributed by atoms with Crippen LogP contribution in [0.4, 0.5) is 0 Å². The summed E-state index contributed by atoms with van der Waals surface area (Å²) in [6, 6.07) is 0. The van der Waals surface area contributed by atoms with Crippen LogP contribution in [0.3, 0.4) is 0 Å². The van der Waals surface area contributed by atoms with Crippen molar-refractivity contribution in [2.24, 2.45) is 5.92 Å². The third-order valence-electron chi connectivity index (χ3n) is 2.17. The molecular weight excluding hydrogens is 260 g/mol. The molecule has 0 aliphatic rings. The Morgan fingerprint density at radius 3 is 1.38 bits per heavy atom. The Balaban J connectivity index is -0.000000119. The molecule has 0 aromatic heterocycles. The van der Waals surface area contributed by atoms with Crippen LogP contribution in [0.25, 0.3) is 0 Å². The van der Waals surface area contributed by atoms with Crippen molar-refractivity contribution < 1.29 is 10.2 Å². The molecule has 0 bridgehead atoms. The van der Waals surface area contributed by atoms with E-state index >= 15 is 0 Å². The number of allylic oxidation sites excluding steroid dienone is 1. The predicted molar refractivity (Wildman–Crippen MR) is 98.8 cm³/mol. The van der Waals surface area contributed by atoms with Gasteiger partial charge < -0.3 is 10.2 Å². The van der Waals surface area contributed by atoms with Crippen LogP contribution in [0.2, 0.25) is 0 Å². The Bertz CT molecular complexity index is 185. The Hall–Kier alpha value is -0.340. The first-order valence-corrected chi connectivity index (χ1v) is 8.69. The lowest BCUT2D eigenvalue weighted by molar-refractivity contribution is 0.225. The van der Waals surface area contributed by atoms with Crippen LogP contribution in [0.5, 0.6) is 0 Å². The van der Waals surface area contributed by atoms with Gasteiger partial charge in [0.25, 0.3) is 0 Å². The molecule has 0 aliphatic carbocycles. The molecule has 0 saturated heterocycles. The first-order valence-electron chi connectivity index (χ1n) is 8.69. The predicted octanol–water partition coefficient (Wildman–Crippen LogP) is 5.97. The molecule has 0 aromatic rings. The van der Waals surface area contributed by atoms with Crippen molar-refractivity contribution in [3.05, 3.63) is 11.1 Å². The summed E-state index contributed by atoms with van der Waals surface area (Å²) >= 11 is 0. The minimum absolute atomic E-state index is 0.258. The molecule has 0 spiro atoms. The summed E-state index contributed by atoms with van der Waals surface area (Å²) in [5.74, 6) is 0.833. The zero-order chi connectivity index (χ0) is 17.8. The van der Waals surface area contributed by atoms with Crippen molar-refractivity contribution >= 4 is 0 Å². The van der Waals surface area contributed by atoms with Crippen molar-refractivity contribution in [2.75, 3.05) is 6.61 Å². The van der Waals surface area contributed by atoms with Crippen LogP contribution < -0.4 is 0 Å². The lowest BCUT2D eigenvalue weighted by Crippen LogP contribution is -2.06. The zero-order valence-electron chi connectivity index (χ0n) is 16.6. The largest absolute Gasteiger partial charge is 0.396 e. The van der Waals surface area contributed by atoms with Gasteiger partial charge in [0.15, 0.2) is 0 Å². The maximum atomic E-state index is 9.35. The fourth-order valence-electron chi connectivity index (χ4n) is 1.24. The fraction of sp³-hybridized carbons (Fsp3) is 0.895. The highest BCUT2D eigenvalue weighted by atomic mass is 16.3. The van der Waals surface area contributed by atoms with Gasteiger partial charge in [-0.05, 0) is 51.5 Å². The first kappa shape index (κ1) is 28.8. The van der Waals surface area contributed by atoms with Crippen LogP contribution in [0.15, 0.2) is 11.1 Å². The van der Waals surface area contributed by atoms with Gasteiger partial charge in [-0.3, -0.25) is 0 Å². The van der Waals surface area contributed by atoms with Crippen LogP contribution in [-0.2, 0) is 0 Å². The highest BCUT2D eigenvalue weighted by molar-refractivity contribution is 5.13. The summed E-state index contributed by atoms with van der Waals surface area (Å²) in [5.41, 5.74) is 2.49. The van der Waals surface area contributed by atoms with E-state index in [1.807, 2.05) is 27.7 Å². The topological polar surface area (TPSA) is 40.5 Å². The second-order valence-corrected chi connectivity index (χ2v) is 5.76. The molecule has 0 rings (SSSR count). The molecule has 21 heavy (non-hydrogen) atoms. The van der Waals surface area contributed by atoms with E-state index < -0.39 is 0 Å². The molecule has 132 valence electrons. The molecule has 0 amide bonds. The van der Waals surface area contributed by atoms with Crippen LogP contribution in [-0.4, -0.2) is 22.9 Å². The monoisotopic (exact) mass is 304 g/mol. The van der Waals surface area contributed by atoms with Crippen LogP contribution >= 0.6 is 0 Å². The molecule has 0 saturated carbocycles. The van der Waals surface area contributed by atoms with E-state index in [0.717, 1.165) is 18.8 Å². The summed E-state index contributed by atoms with van der Waals surface area (Å²) in [7, 11) is 0. The van der Waals surface area contributed by atoms with Gasteiger partial charge >= 0.3 is 0 Å². The van der Waals surface area contributed by atoms with Gasteiger partial charge in [0, 0.05) is 6.61 Å². The second-order valence-electron chi connectivity index (χ2n) is 5.76. The highest BCUT2D eigenvalue weighted by Gasteiger charge is 2.05. The van der Waals surface area contributed by atoms with E-state index in [1.54, 1.807) is 0 Å². The lowest BCUT2D eigenvalue weighted by atomic mass is 10.00. The molecule has 2 N–H and O–H groups in total. The molecular formula is C19H44O2. The van der Waals surface area contributed by atoms with Gasteiger partial charge in [-0.25, -0.2) is 0 Å². The first-order chi connectivity index (χ1) is 9.74. The molecule has 0 aliphatic heterocycles. The van der Waals surface area contributed by atoms with Crippen LogP contribution in [0.1, 0.15) is 94.9 Å². The third-order valence-corrected chi connectivity index (χ3v) is 2.17. The van der Waals surface area contributed by atoms with E-state index in [2.05, 4.69) is 41.5 Å². The summed E-state index contributed by atoms with van der Waals surface area (Å²) in [6.07, 6.45) is 4.05. The quantitative estimate of drug-likeness (QED) is 0.614. The maximum absolute atomic E-state index is 9.35. The SMILES string of the molecule is CC.CC(C)C.CCCCC(=C(C)C)C(C)O.CCCO. The van der Waals surface area contributed by atoms with E-state index in [9.17, 15) is 5.11 Å². The summed E-state index contributed by atoms with van der Waals surface area (Å²) < 4.78 is 0. The fourth-order valence-corrected chi connectivity index (χ4v) is 1.24. The summed E-state index contributed by atoms with van der Waals surface area (Å²) in [6.45, 7) is 20.9. The number of hydrogen-bond acceptors (Lipinski definition) is 2. The number of aliphatic hydroxyl groups is 2. The number of unbranched alkanes of at least 4 members (excludes halogenated alkanes) is 1. The van der Waals surface area contributed by atoms with Crippen LogP contribution in [0, 0.1) is 5.92 Å². The molecule has 0 heterocycles. The molecule has 2 heteroatoms. The van der Waals surface area contributed by atoms with E-state index in [4.69, 9.17) is 5.11 Å². The van der Waals surface area contributed by atoms with Crippen molar-refractivity contribution in [3.63, 3.8) is 0 Å². The maximum Gasteiger partial charge on any atom is 0.0724 e. The Labute approximate surface area is 135 Å². The molecule has 1 unspecified atom stereocenters. The Kier molecular flexibility index (Phi) is 33.8. The Morgan fingerprint density at radius 1 is 0.905 bits per heavy atom. The van der Waals surface area contributed by atoms with Gasteiger partial charge in [-0.2, -0.15) is 0 Å². The summed E-state index contributed by atoms with van der Waals surface area (Å²) in [5, 5.41) is 17.2. The third kappa shape index (κ3) is 38.3. The molecule has 0 fully saturated rings. The minimum atomic E-state index is -0.258. The van der Waals surface area contributed by atoms with E-state index in [1.165, 1.54) is 24.0 Å². The van der Waals surface area contributed by atoms with E-state index in [0.29, 0.717) is 6.61 Å². The summed E-state index contributed by atoms with van der Waals surface area (Å²) in [4.78, 5) is 0. The minimum Gasteiger partial charge on any atom is -0.396 e. The number of hydrogen-bond donors (Lipinski definition) is 2. The average molecular weight is 305 g/mol. The van der Waals surface area contributed by atoms with E-state index in [-0.39, 0.29) is 6.10 Å². The van der Waals surface area contributed by atoms with Crippen molar-refractivity contribution in [2.45, 2.75) is 101 Å². The van der Waals surface area contributed by atoms with Gasteiger partial charge in [-0.1, -0.05) is 60.5 Å². The number of rotatable bonds is 5. The second kappa shape index (κ2) is 24.7.